The van der Waals surface area contributed by atoms with Gasteiger partial charge in [0.2, 0.25) is 5.91 Å². The first kappa shape index (κ1) is 9.70. The van der Waals surface area contributed by atoms with Gasteiger partial charge in [-0.1, -0.05) is 0 Å². The van der Waals surface area contributed by atoms with E-state index in [1.165, 1.54) is 16.9 Å². The van der Waals surface area contributed by atoms with Crippen LogP contribution >= 0.6 is 0 Å². The second-order valence-corrected chi connectivity index (χ2v) is 3.55. The van der Waals surface area contributed by atoms with Crippen LogP contribution in [-0.2, 0) is 11.3 Å². The van der Waals surface area contributed by atoms with E-state index in [1.54, 1.807) is 0 Å². The zero-order valence-electron chi connectivity index (χ0n) is 8.01. The maximum atomic E-state index is 11.3. The molecule has 0 atom stereocenters. The fraction of sp³-hybridized carbons (Fsp3) is 0.444. The summed E-state index contributed by atoms with van der Waals surface area (Å²) in [6, 6.07) is 1.68. The van der Waals surface area contributed by atoms with E-state index in [-0.39, 0.29) is 18.1 Å². The van der Waals surface area contributed by atoms with Crippen molar-refractivity contribution in [3.05, 3.63) is 18.0 Å². The number of hydrogen-bond donors (Lipinski definition) is 2. The molecule has 1 amide bonds. The highest BCUT2D eigenvalue weighted by Gasteiger charge is 2.23. The fourth-order valence-electron chi connectivity index (χ4n) is 1.21. The highest BCUT2D eigenvalue weighted by atomic mass is 16.4. The van der Waals surface area contributed by atoms with Crippen molar-refractivity contribution < 1.29 is 14.7 Å². The normalized spacial score (nSPS) is 14.9. The minimum Gasteiger partial charge on any atom is -0.476 e. The van der Waals surface area contributed by atoms with Gasteiger partial charge in [-0.05, 0) is 18.9 Å². The summed E-state index contributed by atoms with van der Waals surface area (Å²) in [7, 11) is 0. The third kappa shape index (κ3) is 2.55. The molecular formula is C9H11N3O3. The predicted octanol–water partition coefficient (Wildman–Crippen LogP) is -0.140. The van der Waals surface area contributed by atoms with E-state index in [9.17, 15) is 9.59 Å². The van der Waals surface area contributed by atoms with Gasteiger partial charge >= 0.3 is 5.97 Å². The Morgan fingerprint density at radius 2 is 2.33 bits per heavy atom. The van der Waals surface area contributed by atoms with Gasteiger partial charge < -0.3 is 10.4 Å². The Labute approximate surface area is 85.9 Å². The average molecular weight is 209 g/mol. The van der Waals surface area contributed by atoms with Gasteiger partial charge in [0.1, 0.15) is 6.54 Å². The number of aromatic carboxylic acids is 1. The lowest BCUT2D eigenvalue weighted by atomic mass is 10.4. The van der Waals surface area contributed by atoms with Crippen LogP contribution in [0.4, 0.5) is 0 Å². The number of carbonyl (C=O) groups excluding carboxylic acids is 1. The number of rotatable bonds is 4. The van der Waals surface area contributed by atoms with Crippen LogP contribution in [0.5, 0.6) is 0 Å². The number of hydrogen-bond acceptors (Lipinski definition) is 3. The van der Waals surface area contributed by atoms with Crippen molar-refractivity contribution in [1.82, 2.24) is 15.1 Å². The van der Waals surface area contributed by atoms with Gasteiger partial charge in [0.15, 0.2) is 5.69 Å². The molecular weight excluding hydrogens is 198 g/mol. The molecule has 1 aromatic heterocycles. The van der Waals surface area contributed by atoms with Gasteiger partial charge in [-0.15, -0.1) is 0 Å². The lowest BCUT2D eigenvalue weighted by Crippen LogP contribution is -2.29. The summed E-state index contributed by atoms with van der Waals surface area (Å²) in [6.07, 6.45) is 3.55. The molecule has 1 saturated carbocycles. The van der Waals surface area contributed by atoms with Crippen molar-refractivity contribution >= 4 is 11.9 Å². The van der Waals surface area contributed by atoms with E-state index in [0.717, 1.165) is 12.8 Å². The van der Waals surface area contributed by atoms with E-state index in [1.807, 2.05) is 0 Å². The molecule has 6 nitrogen and oxygen atoms in total. The van der Waals surface area contributed by atoms with Crippen LogP contribution in [0, 0.1) is 0 Å². The van der Waals surface area contributed by atoms with Crippen molar-refractivity contribution in [2.24, 2.45) is 0 Å². The monoisotopic (exact) mass is 209 g/mol. The second kappa shape index (κ2) is 3.72. The fourth-order valence-corrected chi connectivity index (χ4v) is 1.21. The smallest absolute Gasteiger partial charge is 0.356 e. The Bertz CT molecular complexity index is 395. The van der Waals surface area contributed by atoms with Crippen LogP contribution in [-0.4, -0.2) is 32.8 Å². The molecule has 1 heterocycles. The number of amides is 1. The lowest BCUT2D eigenvalue weighted by Gasteiger charge is -2.02. The van der Waals surface area contributed by atoms with Gasteiger partial charge in [-0.2, -0.15) is 5.10 Å². The summed E-state index contributed by atoms with van der Waals surface area (Å²) < 4.78 is 1.32. The molecule has 0 unspecified atom stereocenters. The van der Waals surface area contributed by atoms with Gasteiger partial charge in [0.05, 0.1) is 0 Å². The van der Waals surface area contributed by atoms with Gasteiger partial charge in [0, 0.05) is 12.2 Å². The zero-order chi connectivity index (χ0) is 10.8. The largest absolute Gasteiger partial charge is 0.476 e. The summed E-state index contributed by atoms with van der Waals surface area (Å²) in [4.78, 5) is 21.8. The number of nitrogens with zero attached hydrogens (tertiary/aromatic N) is 2. The highest BCUT2D eigenvalue weighted by molar-refractivity contribution is 5.85. The maximum absolute atomic E-state index is 11.3. The second-order valence-electron chi connectivity index (χ2n) is 3.55. The van der Waals surface area contributed by atoms with Crippen LogP contribution < -0.4 is 5.32 Å². The van der Waals surface area contributed by atoms with E-state index in [0.29, 0.717) is 6.04 Å². The van der Waals surface area contributed by atoms with Crippen molar-refractivity contribution in [3.63, 3.8) is 0 Å². The van der Waals surface area contributed by atoms with Crippen molar-refractivity contribution in [2.75, 3.05) is 0 Å². The molecule has 80 valence electrons. The Morgan fingerprint density at radius 3 is 2.87 bits per heavy atom. The Balaban J connectivity index is 1.91. The lowest BCUT2D eigenvalue weighted by molar-refractivity contribution is -0.122. The Morgan fingerprint density at radius 1 is 1.60 bits per heavy atom. The first-order valence-corrected chi connectivity index (χ1v) is 4.71. The molecule has 15 heavy (non-hydrogen) atoms. The van der Waals surface area contributed by atoms with E-state index in [4.69, 9.17) is 5.11 Å². The first-order chi connectivity index (χ1) is 7.15. The van der Waals surface area contributed by atoms with Gasteiger partial charge in [0.25, 0.3) is 0 Å². The number of carbonyl (C=O) groups is 2. The first-order valence-electron chi connectivity index (χ1n) is 4.71. The molecule has 1 aliphatic rings. The molecule has 2 rings (SSSR count). The minimum atomic E-state index is -1.09. The SMILES string of the molecule is O=C(Cn1ccc(C(=O)O)n1)NC1CC1. The van der Waals surface area contributed by atoms with E-state index < -0.39 is 5.97 Å². The molecule has 0 aliphatic heterocycles. The summed E-state index contributed by atoms with van der Waals surface area (Å²) in [5.74, 6) is -1.21. The molecule has 1 fully saturated rings. The van der Waals surface area contributed by atoms with Crippen molar-refractivity contribution in [3.8, 4) is 0 Å². The third-order valence-electron chi connectivity index (χ3n) is 2.11. The Kier molecular flexibility index (Phi) is 2.40. The van der Waals surface area contributed by atoms with Crippen LogP contribution in [0.1, 0.15) is 23.3 Å². The summed E-state index contributed by atoms with van der Waals surface area (Å²) >= 11 is 0. The topological polar surface area (TPSA) is 84.2 Å². The highest BCUT2D eigenvalue weighted by Crippen LogP contribution is 2.18. The minimum absolute atomic E-state index is 0.0470. The van der Waals surface area contributed by atoms with Crippen LogP contribution in [0.2, 0.25) is 0 Å². The van der Waals surface area contributed by atoms with Crippen LogP contribution in [0.3, 0.4) is 0 Å². The quantitative estimate of drug-likeness (QED) is 0.722. The number of carboxylic acids is 1. The predicted molar refractivity (Wildman–Crippen MR) is 50.4 cm³/mol. The van der Waals surface area contributed by atoms with Crippen LogP contribution in [0.15, 0.2) is 12.3 Å². The number of aromatic nitrogens is 2. The van der Waals surface area contributed by atoms with E-state index >= 15 is 0 Å². The van der Waals surface area contributed by atoms with Crippen molar-refractivity contribution in [1.29, 1.82) is 0 Å². The molecule has 0 spiro atoms. The summed E-state index contributed by atoms with van der Waals surface area (Å²) in [6.45, 7) is 0.0732. The Hall–Kier alpha value is -1.85. The zero-order valence-corrected chi connectivity index (χ0v) is 8.01. The molecule has 0 bridgehead atoms. The maximum Gasteiger partial charge on any atom is 0.356 e. The van der Waals surface area contributed by atoms with E-state index in [2.05, 4.69) is 10.4 Å². The molecule has 6 heteroatoms. The standard InChI is InChI=1S/C9H11N3O3/c13-8(10-6-1-2-6)5-12-4-3-7(11-12)9(14)15/h3-4,6H,1-2,5H2,(H,10,13)(H,14,15). The summed E-state index contributed by atoms with van der Waals surface area (Å²) in [5.41, 5.74) is -0.0470. The molecule has 0 radical (unpaired) electrons. The van der Waals surface area contributed by atoms with Gasteiger partial charge in [-0.25, -0.2) is 4.79 Å². The molecule has 0 saturated heterocycles. The number of carboxylic acid groups (broad SMARTS) is 1. The van der Waals surface area contributed by atoms with Crippen molar-refractivity contribution in [2.45, 2.75) is 25.4 Å². The number of nitrogens with one attached hydrogen (secondary N) is 1. The molecule has 0 aromatic carbocycles. The summed E-state index contributed by atoms with van der Waals surface area (Å²) in [5, 5.41) is 15.1. The molecule has 1 aliphatic carbocycles. The average Bonchev–Trinajstić information content (AvgIpc) is 2.82. The van der Waals surface area contributed by atoms with Crippen LogP contribution in [0.25, 0.3) is 0 Å². The molecule has 1 aromatic rings. The van der Waals surface area contributed by atoms with Gasteiger partial charge in [-0.3, -0.25) is 9.48 Å². The molecule has 2 N–H and O–H groups in total. The third-order valence-corrected chi connectivity index (χ3v) is 2.11.